The Morgan fingerprint density at radius 2 is 2.11 bits per heavy atom. The van der Waals surface area contributed by atoms with Crippen molar-refractivity contribution in [3.63, 3.8) is 0 Å². The quantitative estimate of drug-likeness (QED) is 0.673. The second-order valence-electron chi connectivity index (χ2n) is 4.02. The summed E-state index contributed by atoms with van der Waals surface area (Å²) in [6.45, 7) is 4.52. The lowest BCUT2D eigenvalue weighted by atomic mass is 10.1. The molecule has 2 aromatic rings. The largest absolute Gasteiger partial charge is 0.370 e. The minimum absolute atomic E-state index is 0.0544. The molecule has 0 spiro atoms. The van der Waals surface area contributed by atoms with Crippen molar-refractivity contribution in [1.82, 2.24) is 9.97 Å². The number of nitro groups is 1. The van der Waals surface area contributed by atoms with Crippen LogP contribution in [-0.4, -0.2) is 21.4 Å². The molecule has 0 bridgehead atoms. The summed E-state index contributed by atoms with van der Waals surface area (Å²) in [7, 11) is 0. The van der Waals surface area contributed by atoms with Crippen LogP contribution in [0.4, 0.5) is 11.5 Å². The van der Waals surface area contributed by atoms with Crippen LogP contribution in [0.15, 0.2) is 30.3 Å². The number of aromatic nitrogens is 2. The average molecular weight is 258 g/mol. The van der Waals surface area contributed by atoms with Crippen molar-refractivity contribution in [2.75, 3.05) is 11.9 Å². The molecule has 2 rings (SSSR count). The van der Waals surface area contributed by atoms with Gasteiger partial charge in [0.2, 0.25) is 0 Å². The Kier molecular flexibility index (Phi) is 3.70. The molecular formula is C13H14N4O2. The fourth-order valence-electron chi connectivity index (χ4n) is 1.77. The second kappa shape index (κ2) is 5.43. The number of anilines is 1. The summed E-state index contributed by atoms with van der Waals surface area (Å²) in [6.07, 6.45) is 0. The summed E-state index contributed by atoms with van der Waals surface area (Å²) in [4.78, 5) is 18.9. The maximum Gasteiger partial charge on any atom is 0.270 e. The molecule has 1 N–H and O–H groups in total. The lowest BCUT2D eigenvalue weighted by molar-refractivity contribution is -0.384. The summed E-state index contributed by atoms with van der Waals surface area (Å²) in [6, 6.07) is 8.21. The van der Waals surface area contributed by atoms with E-state index in [2.05, 4.69) is 15.3 Å². The first-order chi connectivity index (χ1) is 9.10. The van der Waals surface area contributed by atoms with Gasteiger partial charge in [-0.25, -0.2) is 9.97 Å². The van der Waals surface area contributed by atoms with Crippen LogP contribution in [0.25, 0.3) is 11.3 Å². The molecule has 0 saturated carbocycles. The van der Waals surface area contributed by atoms with Gasteiger partial charge in [-0.3, -0.25) is 10.1 Å². The first-order valence-electron chi connectivity index (χ1n) is 5.94. The van der Waals surface area contributed by atoms with Gasteiger partial charge < -0.3 is 5.32 Å². The summed E-state index contributed by atoms with van der Waals surface area (Å²) in [5.74, 6) is 1.34. The number of nitrogens with zero attached hydrogens (tertiary/aromatic N) is 3. The Hall–Kier alpha value is -2.50. The number of benzene rings is 1. The Labute approximate surface area is 110 Å². The number of aryl methyl sites for hydroxylation is 1. The fourth-order valence-corrected chi connectivity index (χ4v) is 1.77. The predicted molar refractivity (Wildman–Crippen MR) is 73.0 cm³/mol. The van der Waals surface area contributed by atoms with E-state index < -0.39 is 4.92 Å². The normalized spacial score (nSPS) is 10.2. The highest BCUT2D eigenvalue weighted by Gasteiger charge is 2.09. The molecule has 0 aliphatic rings. The minimum Gasteiger partial charge on any atom is -0.370 e. The molecule has 0 aliphatic heterocycles. The number of hydrogen-bond donors (Lipinski definition) is 1. The van der Waals surface area contributed by atoms with E-state index in [4.69, 9.17) is 0 Å². The van der Waals surface area contributed by atoms with Crippen molar-refractivity contribution < 1.29 is 4.92 Å². The average Bonchev–Trinajstić information content (AvgIpc) is 2.38. The molecule has 0 unspecified atom stereocenters. The molecule has 1 aromatic carbocycles. The zero-order valence-electron chi connectivity index (χ0n) is 10.8. The van der Waals surface area contributed by atoms with Gasteiger partial charge in [-0.05, 0) is 13.8 Å². The minimum atomic E-state index is -0.414. The molecule has 98 valence electrons. The van der Waals surface area contributed by atoms with Gasteiger partial charge >= 0.3 is 0 Å². The number of nitrogens with one attached hydrogen (secondary N) is 1. The zero-order chi connectivity index (χ0) is 13.8. The third kappa shape index (κ3) is 3.04. The van der Waals surface area contributed by atoms with Crippen molar-refractivity contribution in [3.05, 3.63) is 46.3 Å². The van der Waals surface area contributed by atoms with E-state index >= 15 is 0 Å². The number of non-ortho nitro benzene ring substituents is 1. The van der Waals surface area contributed by atoms with E-state index in [1.807, 2.05) is 6.92 Å². The number of nitro benzene ring substituents is 1. The molecule has 0 fully saturated rings. The standard InChI is InChI=1S/C13H14N4O2/c1-3-14-13-8-12(15-9(2)16-13)10-5-4-6-11(7-10)17(18)19/h4-8H,3H2,1-2H3,(H,14,15,16). The van der Waals surface area contributed by atoms with Crippen molar-refractivity contribution >= 4 is 11.5 Å². The van der Waals surface area contributed by atoms with Gasteiger partial charge in [-0.2, -0.15) is 0 Å². The maximum atomic E-state index is 10.8. The van der Waals surface area contributed by atoms with E-state index in [1.165, 1.54) is 12.1 Å². The van der Waals surface area contributed by atoms with Crippen LogP contribution < -0.4 is 5.32 Å². The molecule has 0 amide bonds. The third-order valence-corrected chi connectivity index (χ3v) is 2.55. The molecule has 0 aliphatic carbocycles. The van der Waals surface area contributed by atoms with Crippen molar-refractivity contribution in [1.29, 1.82) is 0 Å². The Balaban J connectivity index is 2.46. The third-order valence-electron chi connectivity index (χ3n) is 2.55. The van der Waals surface area contributed by atoms with Crippen LogP contribution in [0.3, 0.4) is 0 Å². The van der Waals surface area contributed by atoms with Crippen LogP contribution in [0.1, 0.15) is 12.7 Å². The van der Waals surface area contributed by atoms with Crippen LogP contribution in [-0.2, 0) is 0 Å². The van der Waals surface area contributed by atoms with Gasteiger partial charge in [-0.1, -0.05) is 12.1 Å². The monoisotopic (exact) mass is 258 g/mol. The Morgan fingerprint density at radius 1 is 1.32 bits per heavy atom. The van der Waals surface area contributed by atoms with Gasteiger partial charge in [0.1, 0.15) is 11.6 Å². The fraction of sp³-hybridized carbons (Fsp3) is 0.231. The van der Waals surface area contributed by atoms with Gasteiger partial charge in [0, 0.05) is 30.3 Å². The molecular weight excluding hydrogens is 244 g/mol. The summed E-state index contributed by atoms with van der Waals surface area (Å²) >= 11 is 0. The highest BCUT2D eigenvalue weighted by molar-refractivity contribution is 5.65. The lowest BCUT2D eigenvalue weighted by Crippen LogP contribution is -2.02. The first kappa shape index (κ1) is 12.9. The second-order valence-corrected chi connectivity index (χ2v) is 4.02. The molecule has 6 nitrogen and oxygen atoms in total. The van der Waals surface area contributed by atoms with E-state index in [1.54, 1.807) is 25.1 Å². The number of hydrogen-bond acceptors (Lipinski definition) is 5. The van der Waals surface area contributed by atoms with E-state index in [9.17, 15) is 10.1 Å². The molecule has 1 heterocycles. The number of rotatable bonds is 4. The molecule has 0 radical (unpaired) electrons. The van der Waals surface area contributed by atoms with Gasteiger partial charge in [0.15, 0.2) is 0 Å². The van der Waals surface area contributed by atoms with Gasteiger partial charge in [0.05, 0.1) is 10.6 Å². The van der Waals surface area contributed by atoms with Gasteiger partial charge in [-0.15, -0.1) is 0 Å². The first-order valence-corrected chi connectivity index (χ1v) is 5.94. The van der Waals surface area contributed by atoms with E-state index in [-0.39, 0.29) is 5.69 Å². The Morgan fingerprint density at radius 3 is 2.79 bits per heavy atom. The molecule has 1 aromatic heterocycles. The highest BCUT2D eigenvalue weighted by atomic mass is 16.6. The van der Waals surface area contributed by atoms with E-state index in [0.29, 0.717) is 17.1 Å². The summed E-state index contributed by atoms with van der Waals surface area (Å²) in [5, 5.41) is 13.9. The molecule has 0 atom stereocenters. The Bertz CT molecular complexity index is 613. The van der Waals surface area contributed by atoms with Crippen LogP contribution in [0.2, 0.25) is 0 Å². The van der Waals surface area contributed by atoms with E-state index in [0.717, 1.165) is 12.4 Å². The van der Waals surface area contributed by atoms with Crippen molar-refractivity contribution in [3.8, 4) is 11.3 Å². The van der Waals surface area contributed by atoms with Crippen LogP contribution >= 0.6 is 0 Å². The van der Waals surface area contributed by atoms with Gasteiger partial charge in [0.25, 0.3) is 5.69 Å². The predicted octanol–water partition coefficient (Wildman–Crippen LogP) is 2.79. The maximum absolute atomic E-state index is 10.8. The van der Waals surface area contributed by atoms with Crippen LogP contribution in [0, 0.1) is 17.0 Å². The van der Waals surface area contributed by atoms with Crippen LogP contribution in [0.5, 0.6) is 0 Å². The molecule has 6 heteroatoms. The van der Waals surface area contributed by atoms with Crippen molar-refractivity contribution in [2.24, 2.45) is 0 Å². The molecule has 0 saturated heterocycles. The zero-order valence-corrected chi connectivity index (χ0v) is 10.8. The molecule has 19 heavy (non-hydrogen) atoms. The summed E-state index contributed by atoms with van der Waals surface area (Å²) < 4.78 is 0. The summed E-state index contributed by atoms with van der Waals surface area (Å²) in [5.41, 5.74) is 1.43. The highest BCUT2D eigenvalue weighted by Crippen LogP contribution is 2.23. The smallest absolute Gasteiger partial charge is 0.270 e. The van der Waals surface area contributed by atoms with Crippen molar-refractivity contribution in [2.45, 2.75) is 13.8 Å². The SMILES string of the molecule is CCNc1cc(-c2cccc([N+](=O)[O-])c2)nc(C)n1. The lowest BCUT2D eigenvalue weighted by Gasteiger charge is -2.07. The topological polar surface area (TPSA) is 81.0 Å².